The van der Waals surface area contributed by atoms with Crippen molar-refractivity contribution in [3.8, 4) is 6.07 Å². The SMILES string of the molecule is COCCCn1c(S[C@H](C)C#N)nc2cc(Cl)ccc2c1=O. The van der Waals surface area contributed by atoms with Crippen molar-refractivity contribution in [3.63, 3.8) is 0 Å². The maximum atomic E-state index is 12.7. The van der Waals surface area contributed by atoms with Crippen LogP contribution in [0, 0.1) is 11.3 Å². The van der Waals surface area contributed by atoms with Gasteiger partial charge >= 0.3 is 0 Å². The zero-order chi connectivity index (χ0) is 16.1. The number of nitrogens with zero attached hydrogens (tertiary/aromatic N) is 3. The van der Waals surface area contributed by atoms with Crippen LogP contribution in [-0.4, -0.2) is 28.5 Å². The Morgan fingerprint density at radius 2 is 2.32 bits per heavy atom. The van der Waals surface area contributed by atoms with E-state index < -0.39 is 0 Å². The van der Waals surface area contributed by atoms with Crippen LogP contribution in [-0.2, 0) is 11.3 Å². The summed E-state index contributed by atoms with van der Waals surface area (Å²) >= 11 is 7.24. The molecule has 1 atom stereocenters. The quantitative estimate of drug-likeness (QED) is 0.460. The first-order valence-electron chi connectivity index (χ1n) is 6.82. The standard InChI is InChI=1S/C15H16ClN3O2S/c1-10(9-17)22-15-18-13-8-11(16)4-5-12(13)14(20)19(15)6-3-7-21-2/h4-5,8,10H,3,6-7H2,1-2H3/t10-/m1/s1. The molecule has 5 nitrogen and oxygen atoms in total. The molecule has 0 saturated heterocycles. The van der Waals surface area contributed by atoms with E-state index in [1.165, 1.54) is 11.8 Å². The molecule has 0 aliphatic rings. The molecule has 0 bridgehead atoms. The van der Waals surface area contributed by atoms with Crippen LogP contribution < -0.4 is 5.56 Å². The molecule has 1 heterocycles. The number of hydrogen-bond donors (Lipinski definition) is 0. The van der Waals surface area contributed by atoms with Crippen molar-refractivity contribution in [1.82, 2.24) is 9.55 Å². The van der Waals surface area contributed by atoms with Gasteiger partial charge in [-0.2, -0.15) is 5.26 Å². The minimum absolute atomic E-state index is 0.120. The predicted octanol–water partition coefficient (Wildman–Crippen LogP) is 3.09. The van der Waals surface area contributed by atoms with Gasteiger partial charge < -0.3 is 4.74 Å². The third kappa shape index (κ3) is 3.80. The van der Waals surface area contributed by atoms with Gasteiger partial charge in [0, 0.05) is 25.3 Å². The summed E-state index contributed by atoms with van der Waals surface area (Å²) in [5, 5.41) is 10.3. The van der Waals surface area contributed by atoms with E-state index in [1.54, 1.807) is 36.8 Å². The van der Waals surface area contributed by atoms with Crippen molar-refractivity contribution in [2.75, 3.05) is 13.7 Å². The smallest absolute Gasteiger partial charge is 0.262 e. The van der Waals surface area contributed by atoms with Gasteiger partial charge in [0.25, 0.3) is 5.56 Å². The van der Waals surface area contributed by atoms with Crippen molar-refractivity contribution in [1.29, 1.82) is 5.26 Å². The summed E-state index contributed by atoms with van der Waals surface area (Å²) in [6, 6.07) is 7.17. The maximum Gasteiger partial charge on any atom is 0.262 e. The van der Waals surface area contributed by atoms with Crippen LogP contribution in [0.1, 0.15) is 13.3 Å². The lowest BCUT2D eigenvalue weighted by Gasteiger charge is -2.13. The van der Waals surface area contributed by atoms with Gasteiger partial charge in [-0.05, 0) is 31.5 Å². The fourth-order valence-corrected chi connectivity index (χ4v) is 3.00. The third-order valence-electron chi connectivity index (χ3n) is 3.08. The van der Waals surface area contributed by atoms with Crippen LogP contribution in [0.2, 0.25) is 5.02 Å². The Morgan fingerprint density at radius 3 is 3.00 bits per heavy atom. The number of fused-ring (bicyclic) bond motifs is 1. The van der Waals surface area contributed by atoms with Gasteiger partial charge in [0.15, 0.2) is 5.16 Å². The number of aromatic nitrogens is 2. The molecule has 1 aromatic carbocycles. The fourth-order valence-electron chi connectivity index (χ4n) is 2.01. The average Bonchev–Trinajstić information content (AvgIpc) is 2.50. The van der Waals surface area contributed by atoms with E-state index in [0.717, 1.165) is 0 Å². The fraction of sp³-hybridized carbons (Fsp3) is 0.400. The predicted molar refractivity (Wildman–Crippen MR) is 88.4 cm³/mol. The van der Waals surface area contributed by atoms with Gasteiger partial charge in [0.2, 0.25) is 0 Å². The Morgan fingerprint density at radius 1 is 1.55 bits per heavy atom. The van der Waals surface area contributed by atoms with Crippen LogP contribution in [0.4, 0.5) is 0 Å². The molecule has 116 valence electrons. The van der Waals surface area contributed by atoms with Crippen molar-refractivity contribution in [2.24, 2.45) is 0 Å². The molecule has 0 spiro atoms. The first-order valence-corrected chi connectivity index (χ1v) is 8.08. The Balaban J connectivity index is 2.54. The zero-order valence-electron chi connectivity index (χ0n) is 12.4. The van der Waals surface area contributed by atoms with Crippen molar-refractivity contribution < 1.29 is 4.74 Å². The van der Waals surface area contributed by atoms with Gasteiger partial charge in [-0.3, -0.25) is 9.36 Å². The van der Waals surface area contributed by atoms with Crippen LogP contribution >= 0.6 is 23.4 Å². The van der Waals surface area contributed by atoms with Crippen LogP contribution in [0.3, 0.4) is 0 Å². The minimum Gasteiger partial charge on any atom is -0.385 e. The van der Waals surface area contributed by atoms with Crippen LogP contribution in [0.25, 0.3) is 10.9 Å². The molecule has 0 aliphatic heterocycles. The summed E-state index contributed by atoms with van der Waals surface area (Å²) < 4.78 is 6.64. The molecule has 0 fully saturated rings. The molecule has 0 aliphatic carbocycles. The molecule has 0 unspecified atom stereocenters. The van der Waals surface area contributed by atoms with Gasteiger partial charge in [0.1, 0.15) is 0 Å². The molecule has 2 rings (SSSR count). The van der Waals surface area contributed by atoms with Gasteiger partial charge in [-0.15, -0.1) is 0 Å². The Kier molecular flexibility index (Phi) is 5.83. The average molecular weight is 338 g/mol. The number of hydrogen-bond acceptors (Lipinski definition) is 5. The van der Waals surface area contributed by atoms with Gasteiger partial charge in [0.05, 0.1) is 22.2 Å². The molecule has 0 radical (unpaired) electrons. The number of benzene rings is 1. The summed E-state index contributed by atoms with van der Waals surface area (Å²) in [4.78, 5) is 17.2. The van der Waals surface area contributed by atoms with E-state index in [-0.39, 0.29) is 10.8 Å². The van der Waals surface area contributed by atoms with E-state index in [2.05, 4.69) is 11.1 Å². The second kappa shape index (κ2) is 7.63. The maximum absolute atomic E-state index is 12.7. The number of rotatable bonds is 6. The number of ether oxygens (including phenoxy) is 1. The third-order valence-corrected chi connectivity index (χ3v) is 4.29. The molecule has 0 N–H and O–H groups in total. The lowest BCUT2D eigenvalue weighted by Crippen LogP contribution is -2.24. The number of nitriles is 1. The molecule has 7 heteroatoms. The molecule has 0 saturated carbocycles. The molecule has 1 aromatic heterocycles. The normalized spacial score (nSPS) is 12.3. The van der Waals surface area contributed by atoms with E-state index >= 15 is 0 Å². The molecule has 0 amide bonds. The highest BCUT2D eigenvalue weighted by Crippen LogP contribution is 2.23. The minimum atomic E-state index is -0.294. The molecular formula is C15H16ClN3O2S. The zero-order valence-corrected chi connectivity index (χ0v) is 13.9. The second-order valence-corrected chi connectivity index (χ2v) is 6.49. The van der Waals surface area contributed by atoms with Crippen molar-refractivity contribution in [2.45, 2.75) is 30.3 Å². The van der Waals surface area contributed by atoms with Gasteiger partial charge in [-0.1, -0.05) is 23.4 Å². The highest BCUT2D eigenvalue weighted by Gasteiger charge is 2.14. The second-order valence-electron chi connectivity index (χ2n) is 4.75. The van der Waals surface area contributed by atoms with E-state index in [0.29, 0.717) is 40.7 Å². The summed E-state index contributed by atoms with van der Waals surface area (Å²) in [5.41, 5.74) is 0.429. The first kappa shape index (κ1) is 16.8. The lowest BCUT2D eigenvalue weighted by atomic mass is 10.2. The Labute approximate surface area is 137 Å². The highest BCUT2D eigenvalue weighted by molar-refractivity contribution is 8.00. The van der Waals surface area contributed by atoms with Crippen LogP contribution in [0.5, 0.6) is 0 Å². The van der Waals surface area contributed by atoms with Gasteiger partial charge in [-0.25, -0.2) is 4.98 Å². The lowest BCUT2D eigenvalue weighted by molar-refractivity contribution is 0.189. The summed E-state index contributed by atoms with van der Waals surface area (Å²) in [6.07, 6.45) is 0.700. The largest absolute Gasteiger partial charge is 0.385 e. The van der Waals surface area contributed by atoms with Crippen molar-refractivity contribution >= 4 is 34.3 Å². The highest BCUT2D eigenvalue weighted by atomic mass is 35.5. The first-order chi connectivity index (χ1) is 10.6. The summed E-state index contributed by atoms with van der Waals surface area (Å²) in [5.74, 6) is 0. The molecule has 2 aromatic rings. The molecule has 22 heavy (non-hydrogen) atoms. The monoisotopic (exact) mass is 337 g/mol. The van der Waals surface area contributed by atoms with Crippen LogP contribution in [0.15, 0.2) is 28.2 Å². The number of halogens is 1. The van der Waals surface area contributed by atoms with E-state index in [9.17, 15) is 4.79 Å². The van der Waals surface area contributed by atoms with E-state index in [4.69, 9.17) is 21.6 Å². The van der Waals surface area contributed by atoms with Crippen molar-refractivity contribution in [3.05, 3.63) is 33.6 Å². The summed E-state index contributed by atoms with van der Waals surface area (Å²) in [6.45, 7) is 2.83. The number of methoxy groups -OCH3 is 1. The Hall–Kier alpha value is -1.55. The Bertz CT molecular complexity index is 770. The number of thioether (sulfide) groups is 1. The summed E-state index contributed by atoms with van der Waals surface area (Å²) in [7, 11) is 1.62. The topological polar surface area (TPSA) is 67.9 Å². The van der Waals surface area contributed by atoms with E-state index in [1.807, 2.05) is 0 Å². The molecular weight excluding hydrogens is 322 g/mol.